The minimum absolute atomic E-state index is 0.0548. The molecule has 4 aromatic rings. The molecule has 196 valence electrons. The molecular weight excluding hydrogens is 522 g/mol. The highest BCUT2D eigenvalue weighted by atomic mass is 32.2. The first-order chi connectivity index (χ1) is 18.0. The summed E-state index contributed by atoms with van der Waals surface area (Å²) in [6.07, 6.45) is 0. The topological polar surface area (TPSA) is 113 Å². The molecule has 4 rings (SSSR count). The molecule has 0 fully saturated rings. The molecule has 0 radical (unpaired) electrons. The largest absolute Gasteiger partial charge is 0.322 e. The Morgan fingerprint density at radius 3 is 1.89 bits per heavy atom. The quantitative estimate of drug-likeness (QED) is 0.314. The fraction of sp³-hybridized carbons (Fsp3) is 0.107. The third-order valence-electron chi connectivity index (χ3n) is 5.87. The Morgan fingerprint density at radius 1 is 0.684 bits per heavy atom. The van der Waals surface area contributed by atoms with E-state index in [2.05, 4.69) is 10.0 Å². The van der Waals surface area contributed by atoms with E-state index in [0.717, 1.165) is 15.4 Å². The second kappa shape index (κ2) is 10.7. The number of hydrogen-bond acceptors (Lipinski definition) is 5. The van der Waals surface area contributed by atoms with Gasteiger partial charge in [0.05, 0.1) is 15.5 Å². The molecule has 8 nitrogen and oxygen atoms in total. The zero-order valence-electron chi connectivity index (χ0n) is 21.0. The van der Waals surface area contributed by atoms with Gasteiger partial charge in [-0.15, -0.1) is 0 Å². The van der Waals surface area contributed by atoms with Crippen LogP contribution in [0.4, 0.5) is 17.1 Å². The van der Waals surface area contributed by atoms with Crippen molar-refractivity contribution in [1.29, 1.82) is 0 Å². The smallest absolute Gasteiger partial charge is 0.264 e. The van der Waals surface area contributed by atoms with Crippen LogP contribution >= 0.6 is 0 Å². The molecule has 38 heavy (non-hydrogen) atoms. The molecular formula is C28H27N3O5S2. The highest BCUT2D eigenvalue weighted by molar-refractivity contribution is 7.93. The Balaban J connectivity index is 1.43. The number of carbonyl (C=O) groups is 1. The van der Waals surface area contributed by atoms with Crippen LogP contribution in [-0.4, -0.2) is 29.8 Å². The normalized spacial score (nSPS) is 11.6. The summed E-state index contributed by atoms with van der Waals surface area (Å²) in [5.74, 6) is -0.422. The lowest BCUT2D eigenvalue weighted by Crippen LogP contribution is -2.26. The molecule has 0 aliphatic carbocycles. The molecule has 0 atom stereocenters. The zero-order chi connectivity index (χ0) is 27.5. The number of benzene rings is 4. The van der Waals surface area contributed by atoms with Gasteiger partial charge in [0.25, 0.3) is 26.0 Å². The first kappa shape index (κ1) is 26.9. The Morgan fingerprint density at radius 2 is 1.29 bits per heavy atom. The SMILES string of the molecule is Cc1ccc(S(=O)(=O)N(C)c2ccc(C(=O)Nc3ccc(S(=O)(=O)Nc4cccc(C)c4)cc3)cc2)cc1. The number of hydrogen-bond donors (Lipinski definition) is 2. The molecule has 0 aliphatic rings. The maximum Gasteiger partial charge on any atom is 0.264 e. The van der Waals surface area contributed by atoms with Crippen LogP contribution < -0.4 is 14.3 Å². The Labute approximate surface area is 223 Å². The van der Waals surface area contributed by atoms with Gasteiger partial charge in [-0.1, -0.05) is 29.8 Å². The van der Waals surface area contributed by atoms with E-state index in [1.54, 1.807) is 54.6 Å². The first-order valence-electron chi connectivity index (χ1n) is 11.6. The Hall–Kier alpha value is -4.15. The van der Waals surface area contributed by atoms with Gasteiger partial charge in [0.2, 0.25) is 0 Å². The molecule has 0 aromatic heterocycles. The lowest BCUT2D eigenvalue weighted by atomic mass is 10.2. The van der Waals surface area contributed by atoms with Gasteiger partial charge >= 0.3 is 0 Å². The fourth-order valence-electron chi connectivity index (χ4n) is 3.67. The molecule has 4 aromatic carbocycles. The van der Waals surface area contributed by atoms with E-state index >= 15 is 0 Å². The van der Waals surface area contributed by atoms with Gasteiger partial charge in [-0.3, -0.25) is 13.8 Å². The van der Waals surface area contributed by atoms with Gasteiger partial charge in [-0.2, -0.15) is 0 Å². The number of anilines is 3. The molecule has 0 saturated heterocycles. The molecule has 1 amide bonds. The van der Waals surface area contributed by atoms with Gasteiger partial charge in [0, 0.05) is 24.0 Å². The van der Waals surface area contributed by atoms with Crippen molar-refractivity contribution in [2.45, 2.75) is 23.6 Å². The molecule has 2 N–H and O–H groups in total. The van der Waals surface area contributed by atoms with E-state index in [9.17, 15) is 21.6 Å². The highest BCUT2D eigenvalue weighted by Crippen LogP contribution is 2.24. The summed E-state index contributed by atoms with van der Waals surface area (Å²) in [6, 6.07) is 25.6. The van der Waals surface area contributed by atoms with E-state index in [-0.39, 0.29) is 9.79 Å². The number of nitrogens with one attached hydrogen (secondary N) is 2. The van der Waals surface area contributed by atoms with Crippen molar-refractivity contribution in [3.63, 3.8) is 0 Å². The van der Waals surface area contributed by atoms with Crippen molar-refractivity contribution in [2.24, 2.45) is 0 Å². The number of nitrogens with zero attached hydrogens (tertiary/aromatic N) is 1. The average molecular weight is 550 g/mol. The molecule has 0 bridgehead atoms. The van der Waals surface area contributed by atoms with Crippen LogP contribution in [0, 0.1) is 13.8 Å². The van der Waals surface area contributed by atoms with E-state index in [1.807, 2.05) is 19.9 Å². The molecule has 0 heterocycles. The summed E-state index contributed by atoms with van der Waals surface area (Å²) in [6.45, 7) is 3.75. The minimum atomic E-state index is -3.79. The van der Waals surface area contributed by atoms with Crippen molar-refractivity contribution in [1.82, 2.24) is 0 Å². The third-order valence-corrected chi connectivity index (χ3v) is 9.06. The third kappa shape index (κ3) is 6.04. The summed E-state index contributed by atoms with van der Waals surface area (Å²) < 4.78 is 54.9. The standard InChI is InChI=1S/C28H27N3O5S2/c1-20-7-15-27(16-8-20)38(35,36)31(3)25-13-9-22(10-14-25)28(32)29-23-11-17-26(18-12-23)37(33,34)30-24-6-4-5-21(2)19-24/h4-19,30H,1-3H3,(H,29,32). The Kier molecular flexibility index (Phi) is 7.56. The second-order valence-electron chi connectivity index (χ2n) is 8.79. The van der Waals surface area contributed by atoms with Crippen LogP contribution in [0.5, 0.6) is 0 Å². The van der Waals surface area contributed by atoms with Crippen LogP contribution in [0.1, 0.15) is 21.5 Å². The molecule has 0 aliphatic heterocycles. The monoisotopic (exact) mass is 549 g/mol. The predicted octanol–water partition coefficient (Wildman–Crippen LogP) is 5.18. The van der Waals surface area contributed by atoms with Crippen LogP contribution in [0.2, 0.25) is 0 Å². The number of aryl methyl sites for hydroxylation is 2. The zero-order valence-corrected chi connectivity index (χ0v) is 22.7. The summed E-state index contributed by atoms with van der Waals surface area (Å²) >= 11 is 0. The summed E-state index contributed by atoms with van der Waals surface area (Å²) in [4.78, 5) is 13.0. The van der Waals surface area contributed by atoms with Crippen molar-refractivity contribution < 1.29 is 21.6 Å². The number of rotatable bonds is 8. The van der Waals surface area contributed by atoms with Gasteiger partial charge < -0.3 is 5.32 Å². The minimum Gasteiger partial charge on any atom is -0.322 e. The van der Waals surface area contributed by atoms with Crippen molar-refractivity contribution in [3.8, 4) is 0 Å². The molecule has 0 unspecified atom stereocenters. The van der Waals surface area contributed by atoms with Crippen LogP contribution in [-0.2, 0) is 20.0 Å². The van der Waals surface area contributed by atoms with Crippen LogP contribution in [0.3, 0.4) is 0 Å². The highest BCUT2D eigenvalue weighted by Gasteiger charge is 2.21. The average Bonchev–Trinajstić information content (AvgIpc) is 2.88. The predicted molar refractivity (Wildman–Crippen MR) is 150 cm³/mol. The molecule has 0 spiro atoms. The van der Waals surface area contributed by atoms with Crippen molar-refractivity contribution >= 4 is 43.0 Å². The maximum absolute atomic E-state index is 12.9. The van der Waals surface area contributed by atoms with Crippen LogP contribution in [0.15, 0.2) is 107 Å². The molecule has 0 saturated carbocycles. The van der Waals surface area contributed by atoms with Gasteiger partial charge in [-0.25, -0.2) is 16.8 Å². The van der Waals surface area contributed by atoms with E-state index < -0.39 is 26.0 Å². The maximum atomic E-state index is 12.9. The number of carbonyl (C=O) groups excluding carboxylic acids is 1. The summed E-state index contributed by atoms with van der Waals surface area (Å²) in [5, 5.41) is 2.72. The van der Waals surface area contributed by atoms with Gasteiger partial charge in [-0.05, 0) is 92.2 Å². The van der Waals surface area contributed by atoms with Crippen LogP contribution in [0.25, 0.3) is 0 Å². The summed E-state index contributed by atoms with van der Waals surface area (Å²) in [5.41, 5.74) is 3.47. The van der Waals surface area contributed by atoms with Crippen molar-refractivity contribution in [3.05, 3.63) is 114 Å². The lowest BCUT2D eigenvalue weighted by Gasteiger charge is -2.20. The first-order valence-corrected chi connectivity index (χ1v) is 14.5. The molecule has 10 heteroatoms. The number of sulfonamides is 2. The van der Waals surface area contributed by atoms with Gasteiger partial charge in [0.1, 0.15) is 0 Å². The van der Waals surface area contributed by atoms with Gasteiger partial charge in [0.15, 0.2) is 0 Å². The van der Waals surface area contributed by atoms with Crippen molar-refractivity contribution in [2.75, 3.05) is 21.4 Å². The fourth-order valence-corrected chi connectivity index (χ4v) is 5.92. The Bertz CT molecular complexity index is 1670. The van der Waals surface area contributed by atoms with E-state index in [1.165, 1.54) is 43.4 Å². The lowest BCUT2D eigenvalue weighted by molar-refractivity contribution is 0.102. The number of amides is 1. The van der Waals surface area contributed by atoms with E-state index in [4.69, 9.17) is 0 Å². The summed E-state index contributed by atoms with van der Waals surface area (Å²) in [7, 11) is -6.09. The van der Waals surface area contributed by atoms with E-state index in [0.29, 0.717) is 22.6 Å². The second-order valence-corrected chi connectivity index (χ2v) is 12.4.